The molecule has 6 nitrogen and oxygen atoms in total. The normalized spacial score (nSPS) is 18.1. The predicted octanol–water partition coefficient (Wildman–Crippen LogP) is 1.45. The fourth-order valence-electron chi connectivity index (χ4n) is 2.14. The minimum absolute atomic E-state index is 0.0108. The van der Waals surface area contributed by atoms with Crippen molar-refractivity contribution in [3.63, 3.8) is 0 Å². The first-order chi connectivity index (χ1) is 11.1. The van der Waals surface area contributed by atoms with Crippen molar-refractivity contribution < 1.29 is 14.3 Å². The second-order valence-corrected chi connectivity index (χ2v) is 5.40. The Morgan fingerprint density at radius 3 is 2.61 bits per heavy atom. The van der Waals surface area contributed by atoms with E-state index >= 15 is 0 Å². The lowest BCUT2D eigenvalue weighted by Gasteiger charge is -2.27. The molecule has 1 heterocycles. The van der Waals surface area contributed by atoms with Crippen molar-refractivity contribution in [1.29, 1.82) is 0 Å². The summed E-state index contributed by atoms with van der Waals surface area (Å²) in [6, 6.07) is 6.86. The van der Waals surface area contributed by atoms with Crippen LogP contribution in [0, 0.1) is 0 Å². The van der Waals surface area contributed by atoms with Crippen molar-refractivity contribution in [3.8, 4) is 5.75 Å². The van der Waals surface area contributed by atoms with E-state index in [4.69, 9.17) is 4.74 Å². The van der Waals surface area contributed by atoms with Gasteiger partial charge < -0.3 is 20.7 Å². The highest BCUT2D eigenvalue weighted by Gasteiger charge is 2.25. The van der Waals surface area contributed by atoms with Crippen molar-refractivity contribution in [1.82, 2.24) is 10.6 Å². The standard InChI is InChI=1S/C17H23N3O3/c1-3-12(20-17(22)15-10-11-18-15)6-9-16(21)19-13-4-7-14(23-2)8-5-13/h4-9,12,15,18H,3,10-11H2,1-2H3,(H,19,21)(H,20,22)/t12-,15-/m0/s1. The van der Waals surface area contributed by atoms with E-state index in [2.05, 4.69) is 16.0 Å². The Bertz CT molecular complexity index is 565. The van der Waals surface area contributed by atoms with Crippen LogP contribution in [-0.4, -0.2) is 37.6 Å². The van der Waals surface area contributed by atoms with Gasteiger partial charge in [0.2, 0.25) is 11.8 Å². The van der Waals surface area contributed by atoms with E-state index < -0.39 is 0 Å². The molecule has 0 radical (unpaired) electrons. The van der Waals surface area contributed by atoms with Crippen LogP contribution in [-0.2, 0) is 9.59 Å². The van der Waals surface area contributed by atoms with Crippen molar-refractivity contribution in [2.45, 2.75) is 31.8 Å². The molecule has 2 rings (SSSR count). The van der Waals surface area contributed by atoms with Crippen molar-refractivity contribution >= 4 is 17.5 Å². The van der Waals surface area contributed by atoms with Crippen molar-refractivity contribution in [2.24, 2.45) is 0 Å². The van der Waals surface area contributed by atoms with Crippen LogP contribution in [0.4, 0.5) is 5.69 Å². The molecular formula is C17H23N3O3. The SMILES string of the molecule is CC[C@@H](C=CC(=O)Nc1ccc(OC)cc1)NC(=O)[C@@H]1CCN1. The molecule has 2 amide bonds. The van der Waals surface area contributed by atoms with Crippen LogP contribution >= 0.6 is 0 Å². The summed E-state index contributed by atoms with van der Waals surface area (Å²) in [6.45, 7) is 2.85. The van der Waals surface area contributed by atoms with Crippen molar-refractivity contribution in [3.05, 3.63) is 36.4 Å². The third kappa shape index (κ3) is 5.10. The summed E-state index contributed by atoms with van der Waals surface area (Å²) in [4.78, 5) is 23.8. The van der Waals surface area contributed by atoms with Gasteiger partial charge in [-0.3, -0.25) is 9.59 Å². The van der Waals surface area contributed by atoms with Crippen LogP contribution in [0.2, 0.25) is 0 Å². The molecule has 1 saturated heterocycles. The molecule has 1 aliphatic heterocycles. The summed E-state index contributed by atoms with van der Waals surface area (Å²) in [6.07, 6.45) is 4.76. The van der Waals surface area contributed by atoms with Gasteiger partial charge >= 0.3 is 0 Å². The van der Waals surface area contributed by atoms with E-state index in [0.29, 0.717) is 5.69 Å². The maximum Gasteiger partial charge on any atom is 0.248 e. The van der Waals surface area contributed by atoms with Gasteiger partial charge in [-0.05, 0) is 43.7 Å². The number of carbonyl (C=O) groups is 2. The summed E-state index contributed by atoms with van der Waals surface area (Å²) in [5.74, 6) is 0.491. The van der Waals surface area contributed by atoms with Gasteiger partial charge in [-0.25, -0.2) is 0 Å². The van der Waals surface area contributed by atoms with E-state index in [0.717, 1.165) is 25.1 Å². The first-order valence-corrected chi connectivity index (χ1v) is 7.79. The van der Waals surface area contributed by atoms with E-state index in [1.54, 1.807) is 37.5 Å². The maximum absolute atomic E-state index is 11.9. The first-order valence-electron chi connectivity index (χ1n) is 7.79. The summed E-state index contributed by atoms with van der Waals surface area (Å²) in [5.41, 5.74) is 0.691. The topological polar surface area (TPSA) is 79.5 Å². The number of benzene rings is 1. The summed E-state index contributed by atoms with van der Waals surface area (Å²) in [7, 11) is 1.59. The molecule has 0 bridgehead atoms. The second kappa shape index (κ2) is 8.33. The van der Waals surface area contributed by atoms with Crippen LogP contribution in [0.15, 0.2) is 36.4 Å². The quantitative estimate of drug-likeness (QED) is 0.665. The second-order valence-electron chi connectivity index (χ2n) is 5.40. The van der Waals surface area contributed by atoms with Crippen LogP contribution < -0.4 is 20.7 Å². The Morgan fingerprint density at radius 2 is 2.09 bits per heavy atom. The van der Waals surface area contributed by atoms with Gasteiger partial charge in [0.05, 0.1) is 13.2 Å². The predicted molar refractivity (Wildman–Crippen MR) is 89.4 cm³/mol. The summed E-state index contributed by atoms with van der Waals surface area (Å²) >= 11 is 0. The van der Waals surface area contributed by atoms with Crippen LogP contribution in [0.1, 0.15) is 19.8 Å². The van der Waals surface area contributed by atoms with Gasteiger partial charge in [0.15, 0.2) is 0 Å². The molecule has 1 fully saturated rings. The van der Waals surface area contributed by atoms with Gasteiger partial charge in [0, 0.05) is 17.8 Å². The maximum atomic E-state index is 11.9. The number of rotatable bonds is 7. The van der Waals surface area contributed by atoms with Crippen LogP contribution in [0.3, 0.4) is 0 Å². The van der Waals surface area contributed by atoms with E-state index in [9.17, 15) is 9.59 Å². The molecule has 0 unspecified atom stereocenters. The molecule has 124 valence electrons. The zero-order chi connectivity index (χ0) is 16.7. The Labute approximate surface area is 136 Å². The third-order valence-corrected chi connectivity index (χ3v) is 3.75. The van der Waals surface area contributed by atoms with Gasteiger partial charge in [0.25, 0.3) is 0 Å². The Kier molecular flexibility index (Phi) is 6.17. The average molecular weight is 317 g/mol. The number of nitrogens with one attached hydrogen (secondary N) is 3. The lowest BCUT2D eigenvalue weighted by atomic mass is 10.1. The molecule has 1 aromatic rings. The highest BCUT2D eigenvalue weighted by Crippen LogP contribution is 2.14. The molecule has 1 aromatic carbocycles. The number of hydrogen-bond acceptors (Lipinski definition) is 4. The molecule has 0 aromatic heterocycles. The third-order valence-electron chi connectivity index (χ3n) is 3.75. The molecule has 2 atom stereocenters. The number of ether oxygens (including phenoxy) is 1. The van der Waals surface area contributed by atoms with E-state index in [1.807, 2.05) is 6.92 Å². The lowest BCUT2D eigenvalue weighted by Crippen LogP contribution is -2.54. The largest absolute Gasteiger partial charge is 0.497 e. The summed E-state index contributed by atoms with van der Waals surface area (Å²) < 4.78 is 5.07. The smallest absolute Gasteiger partial charge is 0.248 e. The minimum Gasteiger partial charge on any atom is -0.497 e. The van der Waals surface area contributed by atoms with E-state index in [1.165, 1.54) is 6.08 Å². The number of anilines is 1. The molecule has 3 N–H and O–H groups in total. The molecule has 6 heteroatoms. The Balaban J connectivity index is 1.83. The number of amides is 2. The lowest BCUT2D eigenvalue weighted by molar-refractivity contribution is -0.125. The highest BCUT2D eigenvalue weighted by molar-refractivity contribution is 5.99. The number of hydrogen-bond donors (Lipinski definition) is 3. The molecule has 23 heavy (non-hydrogen) atoms. The molecule has 0 aliphatic carbocycles. The van der Waals surface area contributed by atoms with Crippen LogP contribution in [0.25, 0.3) is 0 Å². The Morgan fingerprint density at radius 1 is 1.39 bits per heavy atom. The fraction of sp³-hybridized carbons (Fsp3) is 0.412. The Hall–Kier alpha value is -2.34. The fourth-order valence-corrected chi connectivity index (χ4v) is 2.14. The zero-order valence-electron chi connectivity index (χ0n) is 13.5. The molecule has 0 saturated carbocycles. The molecular weight excluding hydrogens is 294 g/mol. The van der Waals surface area contributed by atoms with E-state index in [-0.39, 0.29) is 23.9 Å². The van der Waals surface area contributed by atoms with Crippen molar-refractivity contribution in [2.75, 3.05) is 19.0 Å². The van der Waals surface area contributed by atoms with Crippen LogP contribution in [0.5, 0.6) is 5.75 Å². The molecule has 0 spiro atoms. The number of carbonyl (C=O) groups excluding carboxylic acids is 2. The minimum atomic E-state index is -0.232. The van der Waals surface area contributed by atoms with Gasteiger partial charge in [-0.1, -0.05) is 13.0 Å². The molecule has 1 aliphatic rings. The van der Waals surface area contributed by atoms with Gasteiger partial charge in [-0.15, -0.1) is 0 Å². The first kappa shape index (κ1) is 17.0. The average Bonchev–Trinajstić information content (AvgIpc) is 2.50. The zero-order valence-corrected chi connectivity index (χ0v) is 13.5. The summed E-state index contributed by atoms with van der Waals surface area (Å²) in [5, 5.41) is 8.74. The highest BCUT2D eigenvalue weighted by atomic mass is 16.5. The van der Waals surface area contributed by atoms with Gasteiger partial charge in [-0.2, -0.15) is 0 Å². The van der Waals surface area contributed by atoms with Gasteiger partial charge in [0.1, 0.15) is 5.75 Å². The monoisotopic (exact) mass is 317 g/mol. The number of methoxy groups -OCH3 is 1.